The number of nitrogens with zero attached hydrogens (tertiary/aromatic N) is 1. The number of alkyl halides is 3. The van der Waals surface area contributed by atoms with Crippen LogP contribution in [-0.4, -0.2) is 11.8 Å². The first-order chi connectivity index (χ1) is 12.7. The summed E-state index contributed by atoms with van der Waals surface area (Å²) in [6.45, 7) is 0. The van der Waals surface area contributed by atoms with Gasteiger partial charge in [0.05, 0.1) is 22.5 Å². The third kappa shape index (κ3) is 4.85. The number of hydrogen-bond acceptors (Lipinski definition) is 4. The highest BCUT2D eigenvalue weighted by Crippen LogP contribution is 2.34. The normalized spacial score (nSPS) is 11.4. The Morgan fingerprint density at radius 1 is 1.04 bits per heavy atom. The number of nitrogens with two attached hydrogens (primary N) is 1. The Kier molecular flexibility index (Phi) is 5.82. The van der Waals surface area contributed by atoms with Crippen molar-refractivity contribution in [1.29, 1.82) is 5.26 Å². The first-order valence-corrected chi connectivity index (χ1v) is 7.47. The number of nitrogens with one attached hydrogen (secondary N) is 2. The van der Waals surface area contributed by atoms with Gasteiger partial charge in [-0.05, 0) is 24.3 Å². The van der Waals surface area contributed by atoms with Gasteiger partial charge >= 0.3 is 6.18 Å². The van der Waals surface area contributed by atoms with E-state index in [1.165, 1.54) is 24.3 Å². The number of benzene rings is 2. The lowest BCUT2D eigenvalue weighted by Crippen LogP contribution is -2.18. The summed E-state index contributed by atoms with van der Waals surface area (Å²) in [7, 11) is 0. The third-order valence-corrected chi connectivity index (χ3v) is 3.41. The number of carbonyl (C=O) groups excluding carboxylic acids is 2. The van der Waals surface area contributed by atoms with E-state index in [2.05, 4.69) is 10.6 Å². The molecule has 0 atom stereocenters. The Bertz CT molecular complexity index is 946. The summed E-state index contributed by atoms with van der Waals surface area (Å²) in [6.07, 6.45) is -3.69. The van der Waals surface area contributed by atoms with Crippen molar-refractivity contribution in [2.45, 2.75) is 6.18 Å². The Morgan fingerprint density at radius 3 is 2.22 bits per heavy atom. The molecule has 2 amide bonds. The Labute approximate surface area is 152 Å². The van der Waals surface area contributed by atoms with Crippen LogP contribution in [0.25, 0.3) is 0 Å². The molecule has 2 rings (SSSR count). The monoisotopic (exact) mass is 374 g/mol. The third-order valence-electron chi connectivity index (χ3n) is 3.41. The zero-order chi connectivity index (χ0) is 20.0. The van der Waals surface area contributed by atoms with Gasteiger partial charge in [0, 0.05) is 6.20 Å². The fourth-order valence-electron chi connectivity index (χ4n) is 2.15. The van der Waals surface area contributed by atoms with Gasteiger partial charge in [-0.25, -0.2) is 0 Å². The van der Waals surface area contributed by atoms with Crippen molar-refractivity contribution in [1.82, 2.24) is 0 Å². The van der Waals surface area contributed by atoms with Crippen LogP contribution in [0.5, 0.6) is 0 Å². The van der Waals surface area contributed by atoms with Crippen molar-refractivity contribution in [2.75, 3.05) is 10.6 Å². The van der Waals surface area contributed by atoms with E-state index in [1.807, 2.05) is 0 Å². The second-order valence-electron chi connectivity index (χ2n) is 5.22. The molecule has 0 aliphatic heterocycles. The number of hydrogen-bond donors (Lipinski definition) is 3. The van der Waals surface area contributed by atoms with Gasteiger partial charge in [0.15, 0.2) is 0 Å². The maximum Gasteiger partial charge on any atom is 0.418 e. The van der Waals surface area contributed by atoms with Gasteiger partial charge < -0.3 is 16.4 Å². The number of nitriles is 1. The molecule has 0 heterocycles. The van der Waals surface area contributed by atoms with Gasteiger partial charge in [-0.2, -0.15) is 18.4 Å². The Balaban J connectivity index is 2.25. The summed E-state index contributed by atoms with van der Waals surface area (Å²) in [6, 6.07) is 12.1. The second-order valence-corrected chi connectivity index (χ2v) is 5.22. The van der Waals surface area contributed by atoms with Crippen LogP contribution in [0.3, 0.4) is 0 Å². The number of halogens is 3. The summed E-state index contributed by atoms with van der Waals surface area (Å²) in [4.78, 5) is 23.5. The van der Waals surface area contributed by atoms with Crippen LogP contribution in [0.1, 0.15) is 15.9 Å². The van der Waals surface area contributed by atoms with E-state index in [9.17, 15) is 22.8 Å². The minimum atomic E-state index is -4.67. The predicted molar refractivity (Wildman–Crippen MR) is 92.4 cm³/mol. The average Bonchev–Trinajstić information content (AvgIpc) is 2.62. The van der Waals surface area contributed by atoms with Crippen molar-refractivity contribution in [3.8, 4) is 6.07 Å². The molecule has 0 aliphatic rings. The molecule has 0 aromatic heterocycles. The van der Waals surface area contributed by atoms with Crippen LogP contribution in [0, 0.1) is 11.3 Å². The predicted octanol–water partition coefficient (Wildman–Crippen LogP) is 3.26. The lowest BCUT2D eigenvalue weighted by Gasteiger charge is -2.13. The Hall–Kier alpha value is -3.80. The highest BCUT2D eigenvalue weighted by Gasteiger charge is 2.33. The molecule has 0 unspecified atom stereocenters. The molecule has 0 spiro atoms. The van der Waals surface area contributed by atoms with Crippen molar-refractivity contribution < 1.29 is 22.8 Å². The van der Waals surface area contributed by atoms with Gasteiger partial charge in [0.1, 0.15) is 11.6 Å². The number of para-hydroxylation sites is 2. The van der Waals surface area contributed by atoms with Crippen molar-refractivity contribution in [3.63, 3.8) is 0 Å². The summed E-state index contributed by atoms with van der Waals surface area (Å²) in [5.74, 6) is -1.77. The molecular weight excluding hydrogens is 361 g/mol. The maximum atomic E-state index is 13.0. The van der Waals surface area contributed by atoms with Crippen LogP contribution in [0.15, 0.2) is 60.3 Å². The molecule has 0 radical (unpaired) electrons. The molecule has 0 bridgehead atoms. The van der Waals surface area contributed by atoms with Gasteiger partial charge in [0.25, 0.3) is 11.8 Å². The van der Waals surface area contributed by atoms with Crippen LogP contribution in [0.4, 0.5) is 24.5 Å². The molecule has 27 heavy (non-hydrogen) atoms. The lowest BCUT2D eigenvalue weighted by molar-refractivity contribution is -0.137. The first-order valence-electron chi connectivity index (χ1n) is 7.47. The molecule has 4 N–H and O–H groups in total. The molecule has 0 saturated heterocycles. The van der Waals surface area contributed by atoms with E-state index < -0.39 is 34.8 Å². The van der Waals surface area contributed by atoms with E-state index in [0.29, 0.717) is 0 Å². The summed E-state index contributed by atoms with van der Waals surface area (Å²) >= 11 is 0. The minimum absolute atomic E-state index is 0.119. The number of carbonyl (C=O) groups is 2. The first kappa shape index (κ1) is 19.5. The zero-order valence-electron chi connectivity index (χ0n) is 13.7. The maximum absolute atomic E-state index is 13.0. The van der Waals surface area contributed by atoms with E-state index in [1.54, 1.807) is 18.2 Å². The standard InChI is InChI=1S/C18H13F3N4O2/c19-18(20,21)13-6-2-4-8-15(13)25-17(27)11(9-22)10-24-14-7-3-1-5-12(14)16(23)26/h1-8,10,24H,(H2,23,26)(H,25,27)/b11-10-. The number of rotatable bonds is 5. The van der Waals surface area contributed by atoms with Crippen molar-refractivity contribution >= 4 is 23.2 Å². The zero-order valence-corrected chi connectivity index (χ0v) is 13.7. The molecule has 2 aromatic rings. The molecule has 138 valence electrons. The smallest absolute Gasteiger partial charge is 0.366 e. The largest absolute Gasteiger partial charge is 0.418 e. The fraction of sp³-hybridized carbons (Fsp3) is 0.0556. The summed E-state index contributed by atoms with van der Waals surface area (Å²) in [5, 5.41) is 13.8. The van der Waals surface area contributed by atoms with Gasteiger partial charge in [-0.15, -0.1) is 0 Å². The van der Waals surface area contributed by atoms with E-state index in [4.69, 9.17) is 11.0 Å². The molecule has 0 saturated carbocycles. The van der Waals surface area contributed by atoms with E-state index in [0.717, 1.165) is 18.3 Å². The van der Waals surface area contributed by atoms with E-state index in [-0.39, 0.29) is 11.3 Å². The van der Waals surface area contributed by atoms with E-state index >= 15 is 0 Å². The molecule has 6 nitrogen and oxygen atoms in total. The van der Waals surface area contributed by atoms with Crippen LogP contribution in [-0.2, 0) is 11.0 Å². The molecule has 2 aromatic carbocycles. The molecule has 0 aliphatic carbocycles. The Morgan fingerprint density at radius 2 is 1.63 bits per heavy atom. The lowest BCUT2D eigenvalue weighted by atomic mass is 10.1. The van der Waals surface area contributed by atoms with Gasteiger partial charge in [-0.3, -0.25) is 9.59 Å². The van der Waals surface area contributed by atoms with Crippen LogP contribution < -0.4 is 16.4 Å². The SMILES string of the molecule is N#C/C(=C/Nc1ccccc1C(N)=O)C(=O)Nc1ccccc1C(F)(F)F. The number of anilines is 2. The highest BCUT2D eigenvalue weighted by molar-refractivity contribution is 6.07. The van der Waals surface area contributed by atoms with Crippen molar-refractivity contribution in [2.24, 2.45) is 5.73 Å². The molecular formula is C18H13F3N4O2. The topological polar surface area (TPSA) is 108 Å². The highest BCUT2D eigenvalue weighted by atomic mass is 19.4. The van der Waals surface area contributed by atoms with Crippen molar-refractivity contribution in [3.05, 3.63) is 71.4 Å². The minimum Gasteiger partial charge on any atom is -0.366 e. The molecule has 0 fully saturated rings. The summed E-state index contributed by atoms with van der Waals surface area (Å²) in [5.41, 5.74) is 3.57. The summed E-state index contributed by atoms with van der Waals surface area (Å²) < 4.78 is 39.0. The second kappa shape index (κ2) is 8.05. The average molecular weight is 374 g/mol. The van der Waals surface area contributed by atoms with Gasteiger partial charge in [-0.1, -0.05) is 24.3 Å². The van der Waals surface area contributed by atoms with Gasteiger partial charge in [0.2, 0.25) is 0 Å². The fourth-order valence-corrected chi connectivity index (χ4v) is 2.15. The number of amides is 2. The molecule has 9 heteroatoms. The van der Waals surface area contributed by atoms with Crippen LogP contribution >= 0.6 is 0 Å². The van der Waals surface area contributed by atoms with Crippen LogP contribution in [0.2, 0.25) is 0 Å². The number of primary amides is 1. The quantitative estimate of drug-likeness (QED) is 0.551.